The first kappa shape index (κ1) is 29.1. The highest BCUT2D eigenvalue weighted by atomic mass is 35.5. The summed E-state index contributed by atoms with van der Waals surface area (Å²) in [5, 5.41) is 5.35. The molecule has 0 N–H and O–H groups in total. The Morgan fingerprint density at radius 1 is 1.10 bits per heavy atom. The lowest BCUT2D eigenvalue weighted by atomic mass is 9.82. The molecule has 10 heteroatoms. The molecule has 0 spiro atoms. The van der Waals surface area contributed by atoms with Crippen LogP contribution in [-0.4, -0.2) is 59.6 Å². The molecule has 2 aliphatic rings. The van der Waals surface area contributed by atoms with Gasteiger partial charge in [-0.3, -0.25) is 9.69 Å². The lowest BCUT2D eigenvalue weighted by Gasteiger charge is -2.37. The third-order valence-electron chi connectivity index (χ3n) is 8.05. The predicted molar refractivity (Wildman–Crippen MR) is 157 cm³/mol. The highest BCUT2D eigenvalue weighted by Gasteiger charge is 2.37. The largest absolute Gasteiger partial charge is 0.481 e. The maximum atomic E-state index is 14.1. The monoisotopic (exact) mass is 580 g/mol. The molecular weight excluding hydrogens is 544 g/mol. The molecule has 3 heterocycles. The van der Waals surface area contributed by atoms with Crippen molar-refractivity contribution in [1.82, 2.24) is 14.8 Å². The molecule has 1 amide bonds. The van der Waals surface area contributed by atoms with Crippen molar-refractivity contribution < 1.29 is 23.8 Å². The van der Waals surface area contributed by atoms with Crippen molar-refractivity contribution in [3.05, 3.63) is 53.3 Å². The number of ether oxygens (including phenoxy) is 3. The van der Waals surface area contributed by atoms with Crippen LogP contribution in [-0.2, 0) is 14.3 Å². The Hall–Kier alpha value is -3.43. The van der Waals surface area contributed by atoms with Crippen LogP contribution in [0.5, 0.6) is 5.88 Å². The number of rotatable bonds is 8. The van der Waals surface area contributed by atoms with Crippen molar-refractivity contribution in [1.29, 1.82) is 0 Å². The number of hydrogen-bond donors (Lipinski definition) is 0. The molecule has 218 valence electrons. The first-order chi connectivity index (χ1) is 19.9. The highest BCUT2D eigenvalue weighted by molar-refractivity contribution is 6.33. The van der Waals surface area contributed by atoms with Crippen molar-refractivity contribution in [2.45, 2.75) is 58.4 Å². The number of anilines is 1. The summed E-state index contributed by atoms with van der Waals surface area (Å²) in [5.41, 5.74) is 2.56. The van der Waals surface area contributed by atoms with Gasteiger partial charge in [-0.1, -0.05) is 24.6 Å². The van der Waals surface area contributed by atoms with Gasteiger partial charge in [-0.25, -0.2) is 14.5 Å². The number of nitrogens with zero attached hydrogens (tertiary/aromatic N) is 4. The average molecular weight is 581 g/mol. The standard InChI is InChI=1S/C31H37ClN4O5/c1-4-41-31(38)26-19-35(24-10-11-25(27(32)17-24)22-9-12-28(39-3)33-18-22)34-29(26)36(23-13-15-40-16-14-23)30(37)21-7-5-20(2)6-8-21/h9-12,17-21,23H,4-8,13-16H2,1-3H3. The van der Waals surface area contributed by atoms with E-state index in [1.165, 1.54) is 0 Å². The molecular formula is C31H37ClN4O5. The molecule has 1 aliphatic heterocycles. The van der Waals surface area contributed by atoms with E-state index in [-0.39, 0.29) is 30.0 Å². The van der Waals surface area contributed by atoms with Crippen LogP contribution >= 0.6 is 11.6 Å². The van der Waals surface area contributed by atoms with Crippen LogP contribution < -0.4 is 9.64 Å². The predicted octanol–water partition coefficient (Wildman–Crippen LogP) is 6.11. The number of hydrogen-bond acceptors (Lipinski definition) is 7. The fourth-order valence-electron chi connectivity index (χ4n) is 5.67. The van der Waals surface area contributed by atoms with Crippen molar-refractivity contribution >= 4 is 29.3 Å². The van der Waals surface area contributed by atoms with Gasteiger partial charge >= 0.3 is 5.97 Å². The second kappa shape index (κ2) is 13.0. The number of aromatic nitrogens is 3. The molecule has 9 nitrogen and oxygen atoms in total. The molecule has 5 rings (SSSR count). The van der Waals surface area contributed by atoms with Gasteiger partial charge in [-0.15, -0.1) is 5.10 Å². The van der Waals surface area contributed by atoms with Gasteiger partial charge in [-0.2, -0.15) is 0 Å². The van der Waals surface area contributed by atoms with Gasteiger partial charge in [0.2, 0.25) is 11.8 Å². The zero-order valence-corrected chi connectivity index (χ0v) is 24.6. The van der Waals surface area contributed by atoms with Crippen LogP contribution in [0.15, 0.2) is 42.7 Å². The van der Waals surface area contributed by atoms with Crippen LogP contribution in [0.1, 0.15) is 62.7 Å². The molecule has 0 radical (unpaired) electrons. The quantitative estimate of drug-likeness (QED) is 0.297. The molecule has 41 heavy (non-hydrogen) atoms. The van der Waals surface area contributed by atoms with Crippen molar-refractivity contribution in [3.63, 3.8) is 0 Å². The Kier molecular flexibility index (Phi) is 9.25. The Morgan fingerprint density at radius 3 is 2.49 bits per heavy atom. The fraction of sp³-hybridized carbons (Fsp3) is 0.484. The topological polar surface area (TPSA) is 95.8 Å². The van der Waals surface area contributed by atoms with E-state index < -0.39 is 5.97 Å². The van der Waals surface area contributed by atoms with E-state index in [1.54, 1.807) is 48.1 Å². The summed E-state index contributed by atoms with van der Waals surface area (Å²) < 4.78 is 17.8. The van der Waals surface area contributed by atoms with Crippen LogP contribution in [0.25, 0.3) is 16.8 Å². The summed E-state index contributed by atoms with van der Waals surface area (Å²) >= 11 is 6.72. The normalized spacial score (nSPS) is 19.5. The summed E-state index contributed by atoms with van der Waals surface area (Å²) in [6.07, 6.45) is 8.42. The Labute approximate surface area is 245 Å². The number of esters is 1. The molecule has 2 aromatic heterocycles. The van der Waals surface area contributed by atoms with E-state index in [4.69, 9.17) is 30.9 Å². The lowest BCUT2D eigenvalue weighted by molar-refractivity contribution is -0.124. The van der Waals surface area contributed by atoms with Crippen LogP contribution in [0.4, 0.5) is 5.82 Å². The van der Waals surface area contributed by atoms with Gasteiger partial charge in [0.05, 0.1) is 24.4 Å². The van der Waals surface area contributed by atoms with Crippen molar-refractivity contribution in [3.8, 4) is 22.7 Å². The number of carbonyl (C=O) groups excluding carboxylic acids is 2. The molecule has 1 aromatic carbocycles. The molecule has 1 saturated heterocycles. The van der Waals surface area contributed by atoms with Crippen LogP contribution in [0.2, 0.25) is 5.02 Å². The maximum absolute atomic E-state index is 14.1. The number of pyridine rings is 1. The van der Waals surface area contributed by atoms with E-state index in [0.29, 0.717) is 54.4 Å². The molecule has 1 aliphatic carbocycles. The molecule has 2 fully saturated rings. The zero-order chi connectivity index (χ0) is 28.9. The summed E-state index contributed by atoms with van der Waals surface area (Å²) in [5.74, 6) is 0.886. The number of benzene rings is 1. The minimum Gasteiger partial charge on any atom is -0.481 e. The highest BCUT2D eigenvalue weighted by Crippen LogP contribution is 2.35. The third kappa shape index (κ3) is 6.41. The SMILES string of the molecule is CCOC(=O)c1cn(-c2ccc(-c3ccc(OC)nc3)c(Cl)c2)nc1N(C(=O)C1CCC(C)CC1)C1CCOCC1. The van der Waals surface area contributed by atoms with Gasteiger partial charge < -0.3 is 14.2 Å². The Balaban J connectivity index is 1.53. The van der Waals surface area contributed by atoms with E-state index in [9.17, 15) is 9.59 Å². The first-order valence-corrected chi connectivity index (χ1v) is 14.7. The second-order valence-corrected chi connectivity index (χ2v) is 11.2. The van der Waals surface area contributed by atoms with Gasteiger partial charge in [-0.05, 0) is 69.6 Å². The van der Waals surface area contributed by atoms with Gasteiger partial charge in [0, 0.05) is 54.8 Å². The molecule has 3 aromatic rings. The average Bonchev–Trinajstić information content (AvgIpc) is 3.43. The molecule has 0 unspecified atom stereocenters. The van der Waals surface area contributed by atoms with E-state index in [2.05, 4.69) is 11.9 Å². The lowest BCUT2D eigenvalue weighted by Crippen LogP contribution is -2.47. The van der Waals surface area contributed by atoms with Crippen molar-refractivity contribution in [2.75, 3.05) is 31.8 Å². The molecule has 0 atom stereocenters. The summed E-state index contributed by atoms with van der Waals surface area (Å²) in [6.45, 7) is 5.33. The molecule has 0 bridgehead atoms. The summed E-state index contributed by atoms with van der Waals surface area (Å²) in [7, 11) is 1.57. The van der Waals surface area contributed by atoms with E-state index >= 15 is 0 Å². The summed E-state index contributed by atoms with van der Waals surface area (Å²) in [4.78, 5) is 33.4. The minimum atomic E-state index is -0.511. The smallest absolute Gasteiger partial charge is 0.343 e. The zero-order valence-electron chi connectivity index (χ0n) is 23.8. The first-order valence-electron chi connectivity index (χ1n) is 14.4. The number of methoxy groups -OCH3 is 1. The number of halogens is 1. The summed E-state index contributed by atoms with van der Waals surface area (Å²) in [6, 6.07) is 9.11. The van der Waals surface area contributed by atoms with Crippen LogP contribution in [0, 0.1) is 11.8 Å². The van der Waals surface area contributed by atoms with Gasteiger partial charge in [0.1, 0.15) is 5.56 Å². The van der Waals surface area contributed by atoms with Crippen molar-refractivity contribution in [2.24, 2.45) is 11.8 Å². The Morgan fingerprint density at radius 2 is 1.85 bits per heavy atom. The fourth-order valence-corrected chi connectivity index (χ4v) is 5.96. The van der Waals surface area contributed by atoms with Crippen LogP contribution in [0.3, 0.4) is 0 Å². The van der Waals surface area contributed by atoms with E-state index in [1.807, 2.05) is 18.2 Å². The Bertz CT molecular complexity index is 1360. The molecule has 1 saturated carbocycles. The van der Waals surface area contributed by atoms with Gasteiger partial charge in [0.15, 0.2) is 5.82 Å². The maximum Gasteiger partial charge on any atom is 0.343 e. The minimum absolute atomic E-state index is 0.0278. The number of amides is 1. The van der Waals surface area contributed by atoms with E-state index in [0.717, 1.165) is 36.8 Å². The number of carbonyl (C=O) groups is 2. The van der Waals surface area contributed by atoms with Gasteiger partial charge in [0.25, 0.3) is 0 Å². The third-order valence-corrected chi connectivity index (χ3v) is 8.36. The second-order valence-electron chi connectivity index (χ2n) is 10.8.